The van der Waals surface area contributed by atoms with Crippen molar-refractivity contribution in [3.05, 3.63) is 29.4 Å². The Morgan fingerprint density at radius 1 is 1.21 bits per heavy atom. The molecule has 0 saturated carbocycles. The van der Waals surface area contributed by atoms with E-state index in [-0.39, 0.29) is 0 Å². The Morgan fingerprint density at radius 3 is 2.74 bits per heavy atom. The molecule has 2 aromatic rings. The van der Waals surface area contributed by atoms with Crippen LogP contribution in [0.4, 0.5) is 0 Å². The summed E-state index contributed by atoms with van der Waals surface area (Å²) in [6, 6.07) is 8.41. The zero-order valence-corrected chi connectivity index (χ0v) is 12.2. The number of hydrogen-bond acceptors (Lipinski definition) is 4. The van der Waals surface area contributed by atoms with Crippen molar-refractivity contribution in [3.63, 3.8) is 0 Å². The third kappa shape index (κ3) is 3.19. The van der Waals surface area contributed by atoms with Crippen molar-refractivity contribution in [1.82, 2.24) is 15.3 Å². The summed E-state index contributed by atoms with van der Waals surface area (Å²) in [5.74, 6) is 1.01. The van der Waals surface area contributed by atoms with Gasteiger partial charge in [0.25, 0.3) is 0 Å². The number of nitrogens with zero attached hydrogens (tertiary/aromatic N) is 2. The normalized spacial score (nSPS) is 19.7. The highest BCUT2D eigenvalue weighted by Crippen LogP contribution is 2.27. The van der Waals surface area contributed by atoms with Crippen LogP contribution < -0.4 is 5.32 Å². The second-order valence-corrected chi connectivity index (χ2v) is 6.13. The van der Waals surface area contributed by atoms with Crippen LogP contribution in [0.2, 0.25) is 5.15 Å². The Kier molecular flexibility index (Phi) is 4.21. The predicted molar refractivity (Wildman–Crippen MR) is 80.9 cm³/mol. The monoisotopic (exact) mass is 293 g/mol. The Hall–Kier alpha value is -0.840. The molecule has 1 saturated heterocycles. The van der Waals surface area contributed by atoms with Crippen LogP contribution >= 0.6 is 23.4 Å². The van der Waals surface area contributed by atoms with Crippen LogP contribution in [-0.4, -0.2) is 28.3 Å². The molecule has 1 aromatic carbocycles. The van der Waals surface area contributed by atoms with Crippen LogP contribution in [0, 0.1) is 0 Å². The summed E-state index contributed by atoms with van der Waals surface area (Å²) < 4.78 is 0. The zero-order valence-electron chi connectivity index (χ0n) is 10.6. The van der Waals surface area contributed by atoms with Crippen molar-refractivity contribution in [2.75, 3.05) is 12.3 Å². The van der Waals surface area contributed by atoms with Crippen LogP contribution in [0.1, 0.15) is 19.3 Å². The summed E-state index contributed by atoms with van der Waals surface area (Å²) in [5.41, 5.74) is 1.76. The smallest absolute Gasteiger partial charge is 0.161 e. The number of nitrogens with one attached hydrogen (secondary N) is 1. The Morgan fingerprint density at radius 2 is 2.00 bits per heavy atom. The highest BCUT2D eigenvalue weighted by atomic mass is 35.5. The number of piperidine rings is 1. The molecule has 100 valence electrons. The molecule has 0 aliphatic carbocycles. The van der Waals surface area contributed by atoms with E-state index in [1.54, 1.807) is 11.8 Å². The fourth-order valence-electron chi connectivity index (χ4n) is 2.30. The first kappa shape index (κ1) is 13.2. The van der Waals surface area contributed by atoms with Gasteiger partial charge in [0.1, 0.15) is 5.03 Å². The van der Waals surface area contributed by atoms with E-state index >= 15 is 0 Å². The molecule has 1 aromatic heterocycles. The number of aromatic nitrogens is 2. The summed E-state index contributed by atoms with van der Waals surface area (Å²) in [4.78, 5) is 9.00. The van der Waals surface area contributed by atoms with Gasteiger partial charge in [0.15, 0.2) is 5.15 Å². The highest BCUT2D eigenvalue weighted by Gasteiger charge is 2.14. The van der Waals surface area contributed by atoms with E-state index in [2.05, 4.69) is 15.3 Å². The molecule has 0 bridgehead atoms. The number of benzene rings is 1. The number of rotatable bonds is 3. The van der Waals surface area contributed by atoms with Crippen LogP contribution in [0.3, 0.4) is 0 Å². The maximum absolute atomic E-state index is 6.21. The summed E-state index contributed by atoms with van der Waals surface area (Å²) >= 11 is 7.91. The lowest BCUT2D eigenvalue weighted by Gasteiger charge is -2.22. The van der Waals surface area contributed by atoms with Gasteiger partial charge in [-0.05, 0) is 31.5 Å². The van der Waals surface area contributed by atoms with Gasteiger partial charge in [0, 0.05) is 11.8 Å². The maximum Gasteiger partial charge on any atom is 0.161 e. The second-order valence-electron chi connectivity index (χ2n) is 4.77. The standard InChI is InChI=1S/C14H16ClN3S/c15-13-14(19-9-10-5-3-4-8-16-10)18-12-7-2-1-6-11(12)17-13/h1-2,6-7,10,16H,3-5,8-9H2/t10-/m0/s1. The van der Waals surface area contributed by atoms with Crippen LogP contribution in [0.5, 0.6) is 0 Å². The second kappa shape index (κ2) is 6.07. The van der Waals surface area contributed by atoms with Crippen molar-refractivity contribution >= 4 is 34.4 Å². The summed E-state index contributed by atoms with van der Waals surface area (Å²) in [7, 11) is 0. The zero-order chi connectivity index (χ0) is 13.1. The molecule has 3 nitrogen and oxygen atoms in total. The van der Waals surface area contributed by atoms with E-state index in [1.165, 1.54) is 19.3 Å². The Bertz CT molecular complexity index is 570. The molecular formula is C14H16ClN3S. The lowest BCUT2D eigenvalue weighted by molar-refractivity contribution is 0.430. The molecule has 0 radical (unpaired) electrons. The molecule has 1 atom stereocenters. The van der Waals surface area contributed by atoms with Gasteiger partial charge in [-0.15, -0.1) is 11.8 Å². The molecule has 5 heteroatoms. The average molecular weight is 294 g/mol. The molecule has 19 heavy (non-hydrogen) atoms. The number of hydrogen-bond donors (Lipinski definition) is 1. The molecule has 2 heterocycles. The first-order chi connectivity index (χ1) is 9.33. The predicted octanol–water partition coefficient (Wildman–Crippen LogP) is 3.52. The minimum absolute atomic E-state index is 0.513. The molecule has 0 spiro atoms. The summed E-state index contributed by atoms with van der Waals surface area (Å²) in [6.45, 7) is 1.13. The lowest BCUT2D eigenvalue weighted by Crippen LogP contribution is -2.35. The topological polar surface area (TPSA) is 37.8 Å². The quantitative estimate of drug-likeness (QED) is 0.879. The van der Waals surface area contributed by atoms with E-state index in [4.69, 9.17) is 11.6 Å². The summed E-state index contributed by atoms with van der Waals surface area (Å²) in [5, 5.41) is 4.89. The largest absolute Gasteiger partial charge is 0.313 e. The first-order valence-electron chi connectivity index (χ1n) is 6.61. The van der Waals surface area contributed by atoms with Gasteiger partial charge >= 0.3 is 0 Å². The molecule has 0 unspecified atom stereocenters. The SMILES string of the molecule is Clc1nc2ccccc2nc1SC[C@@H]1CCCCN1. The highest BCUT2D eigenvalue weighted by molar-refractivity contribution is 7.99. The van der Waals surface area contributed by atoms with E-state index < -0.39 is 0 Å². The fraction of sp³-hybridized carbons (Fsp3) is 0.429. The van der Waals surface area contributed by atoms with Gasteiger partial charge < -0.3 is 5.32 Å². The van der Waals surface area contributed by atoms with Crippen molar-refractivity contribution in [2.45, 2.75) is 30.3 Å². The van der Waals surface area contributed by atoms with Crippen LogP contribution in [-0.2, 0) is 0 Å². The van der Waals surface area contributed by atoms with E-state index in [1.807, 2.05) is 24.3 Å². The molecule has 1 aliphatic heterocycles. The van der Waals surface area contributed by atoms with Crippen molar-refractivity contribution < 1.29 is 0 Å². The van der Waals surface area contributed by atoms with E-state index in [0.29, 0.717) is 11.2 Å². The van der Waals surface area contributed by atoms with Crippen LogP contribution in [0.15, 0.2) is 29.3 Å². The van der Waals surface area contributed by atoms with Gasteiger partial charge in [-0.3, -0.25) is 0 Å². The molecule has 3 rings (SSSR count). The molecule has 1 N–H and O–H groups in total. The van der Waals surface area contributed by atoms with Crippen molar-refractivity contribution in [3.8, 4) is 0 Å². The Labute approximate surface area is 122 Å². The minimum atomic E-state index is 0.513. The third-order valence-electron chi connectivity index (χ3n) is 3.33. The number of fused-ring (bicyclic) bond motifs is 1. The molecule has 0 amide bonds. The van der Waals surface area contributed by atoms with E-state index in [0.717, 1.165) is 28.4 Å². The Balaban J connectivity index is 1.74. The number of halogens is 1. The average Bonchev–Trinajstić information content (AvgIpc) is 2.46. The minimum Gasteiger partial charge on any atom is -0.313 e. The number of para-hydroxylation sites is 2. The lowest BCUT2D eigenvalue weighted by atomic mass is 10.1. The maximum atomic E-state index is 6.21. The van der Waals surface area contributed by atoms with Crippen molar-refractivity contribution in [2.24, 2.45) is 0 Å². The van der Waals surface area contributed by atoms with Gasteiger partial charge in [-0.25, -0.2) is 9.97 Å². The first-order valence-corrected chi connectivity index (χ1v) is 7.98. The van der Waals surface area contributed by atoms with Gasteiger partial charge in [-0.1, -0.05) is 30.2 Å². The van der Waals surface area contributed by atoms with Gasteiger partial charge in [-0.2, -0.15) is 0 Å². The van der Waals surface area contributed by atoms with Gasteiger partial charge in [0.2, 0.25) is 0 Å². The van der Waals surface area contributed by atoms with E-state index in [9.17, 15) is 0 Å². The molecule has 1 fully saturated rings. The third-order valence-corrected chi connectivity index (χ3v) is 4.84. The molecular weight excluding hydrogens is 278 g/mol. The fourth-order valence-corrected chi connectivity index (χ4v) is 3.57. The van der Waals surface area contributed by atoms with Crippen LogP contribution in [0.25, 0.3) is 11.0 Å². The summed E-state index contributed by atoms with van der Waals surface area (Å²) in [6.07, 6.45) is 3.85. The number of thioether (sulfide) groups is 1. The van der Waals surface area contributed by atoms with Crippen molar-refractivity contribution in [1.29, 1.82) is 0 Å². The van der Waals surface area contributed by atoms with Gasteiger partial charge in [0.05, 0.1) is 11.0 Å². The molecule has 1 aliphatic rings.